The van der Waals surface area contributed by atoms with E-state index in [2.05, 4.69) is 22.2 Å². The van der Waals surface area contributed by atoms with Crippen LogP contribution in [0, 0.1) is 13.8 Å². The van der Waals surface area contributed by atoms with Gasteiger partial charge in [-0.3, -0.25) is 10.1 Å². The predicted molar refractivity (Wildman–Crippen MR) is 124 cm³/mol. The Bertz CT molecular complexity index is 1070. The van der Waals surface area contributed by atoms with Gasteiger partial charge in [-0.15, -0.1) is 11.3 Å². The van der Waals surface area contributed by atoms with E-state index in [0.717, 1.165) is 23.4 Å². The zero-order valence-corrected chi connectivity index (χ0v) is 19.4. The molecule has 3 rings (SSSR count). The maximum atomic E-state index is 12.8. The van der Waals surface area contributed by atoms with Crippen LogP contribution in [0.25, 0.3) is 11.3 Å². The molecule has 0 saturated carbocycles. The van der Waals surface area contributed by atoms with Gasteiger partial charge >= 0.3 is 5.97 Å². The normalized spacial score (nSPS) is 10.8. The highest BCUT2D eigenvalue weighted by Gasteiger charge is 2.23. The molecule has 0 fully saturated rings. The number of H-pyrrole nitrogens is 1. The van der Waals surface area contributed by atoms with Gasteiger partial charge in [-0.05, 0) is 50.1 Å². The number of hydrogen-bond donors (Lipinski definition) is 2. The molecule has 0 bridgehead atoms. The second kappa shape index (κ2) is 10.9. The Kier molecular flexibility index (Phi) is 8.02. The highest BCUT2D eigenvalue weighted by Crippen LogP contribution is 2.27. The van der Waals surface area contributed by atoms with E-state index in [1.165, 1.54) is 18.4 Å². The average molecular weight is 458 g/mol. The van der Waals surface area contributed by atoms with Gasteiger partial charge in [0.15, 0.2) is 5.13 Å². The van der Waals surface area contributed by atoms with Crippen molar-refractivity contribution in [2.75, 3.05) is 32.2 Å². The number of anilines is 1. The topological polar surface area (TPSA) is 103 Å². The fraction of sp³-hybridized carbons (Fsp3) is 0.348. The number of thiazole rings is 1. The maximum Gasteiger partial charge on any atom is 0.340 e. The van der Waals surface area contributed by atoms with E-state index >= 15 is 0 Å². The largest absolute Gasteiger partial charge is 0.494 e. The van der Waals surface area contributed by atoms with Crippen LogP contribution in [0.1, 0.15) is 45.4 Å². The number of carbonyl (C=O) groups is 2. The standard InChI is InChI=1S/C23H27N3O5S/c1-5-10-30-17-8-6-16(7-9-17)18-13-32-23(25-18)26-21(27)20-14(2)19(15(3)24-20)22(28)31-12-11-29-4/h6-9,13,24H,5,10-12H2,1-4H3,(H,25,26,27). The van der Waals surface area contributed by atoms with Crippen LogP contribution in [0.5, 0.6) is 5.75 Å². The number of esters is 1. The first-order valence-corrected chi connectivity index (χ1v) is 11.2. The molecule has 1 aromatic carbocycles. The second-order valence-corrected chi connectivity index (χ2v) is 7.98. The lowest BCUT2D eigenvalue weighted by molar-refractivity contribution is 0.0387. The molecule has 8 nitrogen and oxygen atoms in total. The number of nitrogens with one attached hydrogen (secondary N) is 2. The van der Waals surface area contributed by atoms with Gasteiger partial charge in [-0.25, -0.2) is 9.78 Å². The van der Waals surface area contributed by atoms with Gasteiger partial charge in [0, 0.05) is 23.7 Å². The van der Waals surface area contributed by atoms with E-state index in [0.29, 0.717) is 40.9 Å². The molecule has 0 saturated heterocycles. The molecular formula is C23H27N3O5S. The van der Waals surface area contributed by atoms with Gasteiger partial charge in [0.05, 0.1) is 24.5 Å². The van der Waals surface area contributed by atoms with Crippen molar-refractivity contribution in [1.29, 1.82) is 0 Å². The number of aryl methyl sites for hydroxylation is 1. The van der Waals surface area contributed by atoms with E-state index < -0.39 is 5.97 Å². The summed E-state index contributed by atoms with van der Waals surface area (Å²) in [6, 6.07) is 7.68. The van der Waals surface area contributed by atoms with E-state index in [1.807, 2.05) is 29.6 Å². The monoisotopic (exact) mass is 457 g/mol. The van der Waals surface area contributed by atoms with Crippen LogP contribution >= 0.6 is 11.3 Å². The molecule has 0 aliphatic heterocycles. The van der Waals surface area contributed by atoms with Crippen molar-refractivity contribution in [1.82, 2.24) is 9.97 Å². The molecule has 9 heteroatoms. The minimum absolute atomic E-state index is 0.147. The van der Waals surface area contributed by atoms with Gasteiger partial charge in [-0.1, -0.05) is 6.92 Å². The first-order chi connectivity index (χ1) is 15.4. The van der Waals surface area contributed by atoms with E-state index in [-0.39, 0.29) is 12.5 Å². The number of rotatable bonds is 10. The second-order valence-electron chi connectivity index (χ2n) is 7.12. The third kappa shape index (κ3) is 5.54. The Morgan fingerprint density at radius 2 is 1.88 bits per heavy atom. The third-order valence-corrected chi connectivity index (χ3v) is 5.49. The SMILES string of the molecule is CCCOc1ccc(-c2csc(NC(=O)c3[nH]c(C)c(C(=O)OCCOC)c3C)n2)cc1. The molecule has 2 heterocycles. The molecule has 2 N–H and O–H groups in total. The minimum Gasteiger partial charge on any atom is -0.494 e. The van der Waals surface area contributed by atoms with Crippen LogP contribution in [0.2, 0.25) is 0 Å². The lowest BCUT2D eigenvalue weighted by Gasteiger charge is -2.05. The number of hydrogen-bond acceptors (Lipinski definition) is 7. The molecule has 2 aromatic heterocycles. The van der Waals surface area contributed by atoms with Gasteiger partial charge in [0.25, 0.3) is 5.91 Å². The Morgan fingerprint density at radius 3 is 2.56 bits per heavy atom. The van der Waals surface area contributed by atoms with Gasteiger partial charge in [-0.2, -0.15) is 0 Å². The summed E-state index contributed by atoms with van der Waals surface area (Å²) in [5.41, 5.74) is 3.45. The molecule has 0 atom stereocenters. The smallest absolute Gasteiger partial charge is 0.340 e. The minimum atomic E-state index is -0.491. The number of aromatic nitrogens is 2. The molecule has 0 radical (unpaired) electrons. The fourth-order valence-electron chi connectivity index (χ4n) is 3.14. The van der Waals surface area contributed by atoms with Crippen LogP contribution in [0.15, 0.2) is 29.6 Å². The zero-order valence-electron chi connectivity index (χ0n) is 18.6. The van der Waals surface area contributed by atoms with Crippen LogP contribution in [-0.2, 0) is 9.47 Å². The van der Waals surface area contributed by atoms with Gasteiger partial charge in [0.1, 0.15) is 18.1 Å². The number of methoxy groups -OCH3 is 1. The fourth-order valence-corrected chi connectivity index (χ4v) is 3.85. The van der Waals surface area contributed by atoms with Crippen molar-refractivity contribution >= 4 is 28.3 Å². The lowest BCUT2D eigenvalue weighted by atomic mass is 10.1. The first-order valence-electron chi connectivity index (χ1n) is 10.3. The molecular weight excluding hydrogens is 430 g/mol. The molecule has 3 aromatic rings. The van der Waals surface area contributed by atoms with Crippen molar-refractivity contribution in [3.8, 4) is 17.0 Å². The average Bonchev–Trinajstić information content (AvgIpc) is 3.36. The summed E-state index contributed by atoms with van der Waals surface area (Å²) in [4.78, 5) is 32.7. The van der Waals surface area contributed by atoms with E-state index in [9.17, 15) is 9.59 Å². The van der Waals surface area contributed by atoms with Crippen LogP contribution in [0.3, 0.4) is 0 Å². The van der Waals surface area contributed by atoms with E-state index in [4.69, 9.17) is 14.2 Å². The number of ether oxygens (including phenoxy) is 3. The third-order valence-electron chi connectivity index (χ3n) is 4.74. The summed E-state index contributed by atoms with van der Waals surface area (Å²) in [6.45, 7) is 6.63. The molecule has 32 heavy (non-hydrogen) atoms. The van der Waals surface area contributed by atoms with Crippen LogP contribution in [-0.4, -0.2) is 48.8 Å². The molecule has 170 valence electrons. The van der Waals surface area contributed by atoms with Crippen LogP contribution < -0.4 is 10.1 Å². The summed E-state index contributed by atoms with van der Waals surface area (Å²) < 4.78 is 15.7. The highest BCUT2D eigenvalue weighted by molar-refractivity contribution is 7.14. The summed E-state index contributed by atoms with van der Waals surface area (Å²) in [6.07, 6.45) is 0.952. The quantitative estimate of drug-likeness (QED) is 0.341. The summed E-state index contributed by atoms with van der Waals surface area (Å²) in [5.74, 6) is -0.0468. The Labute approximate surface area is 190 Å². The summed E-state index contributed by atoms with van der Waals surface area (Å²) in [5, 5.41) is 5.14. The van der Waals surface area contributed by atoms with Crippen molar-refractivity contribution in [2.24, 2.45) is 0 Å². The summed E-state index contributed by atoms with van der Waals surface area (Å²) in [7, 11) is 1.53. The number of amides is 1. The molecule has 0 aliphatic rings. The maximum absolute atomic E-state index is 12.8. The molecule has 0 spiro atoms. The highest BCUT2D eigenvalue weighted by atomic mass is 32.1. The molecule has 0 aliphatic carbocycles. The number of carbonyl (C=O) groups excluding carboxylic acids is 2. The molecule has 1 amide bonds. The van der Waals surface area contributed by atoms with Crippen molar-refractivity contribution in [2.45, 2.75) is 27.2 Å². The number of benzene rings is 1. The molecule has 0 unspecified atom stereocenters. The Balaban J connectivity index is 1.69. The van der Waals surface area contributed by atoms with Gasteiger partial charge in [0.2, 0.25) is 0 Å². The number of aromatic amines is 1. The Morgan fingerprint density at radius 1 is 1.12 bits per heavy atom. The van der Waals surface area contributed by atoms with Gasteiger partial charge < -0.3 is 19.2 Å². The zero-order chi connectivity index (χ0) is 23.1. The predicted octanol–water partition coefficient (Wildman–Crippen LogP) is 4.60. The summed E-state index contributed by atoms with van der Waals surface area (Å²) >= 11 is 1.33. The number of nitrogens with zero attached hydrogens (tertiary/aromatic N) is 1. The first kappa shape index (κ1) is 23.5. The lowest BCUT2D eigenvalue weighted by Crippen LogP contribution is -2.14. The van der Waals surface area contributed by atoms with E-state index in [1.54, 1.807) is 13.8 Å². The van der Waals surface area contributed by atoms with Crippen molar-refractivity contribution in [3.63, 3.8) is 0 Å². The van der Waals surface area contributed by atoms with Crippen LogP contribution in [0.4, 0.5) is 5.13 Å². The Hall–Kier alpha value is -3.17. The van der Waals surface area contributed by atoms with Crippen molar-refractivity contribution < 1.29 is 23.8 Å². The van der Waals surface area contributed by atoms with Crippen molar-refractivity contribution in [3.05, 3.63) is 52.2 Å².